The number of fused-ring (bicyclic) bond motifs is 1. The summed E-state index contributed by atoms with van der Waals surface area (Å²) in [4.78, 5) is 5.26. The Morgan fingerprint density at radius 2 is 2.09 bits per heavy atom. The number of aromatic nitrogens is 5. The van der Waals surface area contributed by atoms with Crippen LogP contribution in [0.5, 0.6) is 0 Å². The van der Waals surface area contributed by atoms with E-state index >= 15 is 0 Å². The molecular formula is C24H28ClN5O2. The molecule has 3 aromatic rings. The molecule has 32 heavy (non-hydrogen) atoms. The number of aromatic amines is 1. The van der Waals surface area contributed by atoms with Crippen molar-refractivity contribution in [2.75, 3.05) is 20.3 Å². The minimum atomic E-state index is -0.639. The lowest BCUT2D eigenvalue weighted by molar-refractivity contribution is -0.0586. The van der Waals surface area contributed by atoms with Gasteiger partial charge in [0.1, 0.15) is 5.60 Å². The van der Waals surface area contributed by atoms with Gasteiger partial charge in [-0.15, -0.1) is 10.2 Å². The predicted octanol–water partition coefficient (Wildman–Crippen LogP) is 4.75. The Hall–Kier alpha value is -2.35. The second-order valence-corrected chi connectivity index (χ2v) is 10.0. The summed E-state index contributed by atoms with van der Waals surface area (Å²) in [5.41, 5.74) is 5.69. The third-order valence-corrected chi connectivity index (χ3v) is 6.91. The number of methoxy groups -OCH3 is 1. The van der Waals surface area contributed by atoms with Crippen molar-refractivity contribution in [1.29, 1.82) is 0 Å². The van der Waals surface area contributed by atoms with Gasteiger partial charge < -0.3 is 9.47 Å². The summed E-state index contributed by atoms with van der Waals surface area (Å²) >= 11 is 6.45. The molecule has 1 aliphatic carbocycles. The van der Waals surface area contributed by atoms with Gasteiger partial charge in [0.2, 0.25) is 5.82 Å². The van der Waals surface area contributed by atoms with Crippen LogP contribution >= 0.6 is 11.6 Å². The molecule has 1 N–H and O–H groups in total. The number of rotatable bonds is 5. The van der Waals surface area contributed by atoms with E-state index < -0.39 is 5.60 Å². The van der Waals surface area contributed by atoms with Gasteiger partial charge >= 0.3 is 0 Å². The molecule has 1 aromatic carbocycles. The minimum absolute atomic E-state index is 0.173. The Labute approximate surface area is 192 Å². The van der Waals surface area contributed by atoms with Gasteiger partial charge in [-0.05, 0) is 71.6 Å². The van der Waals surface area contributed by atoms with Gasteiger partial charge in [0.25, 0.3) is 0 Å². The average molecular weight is 454 g/mol. The summed E-state index contributed by atoms with van der Waals surface area (Å²) in [6.45, 7) is 5.72. The van der Waals surface area contributed by atoms with Gasteiger partial charge in [-0.3, -0.25) is 4.98 Å². The predicted molar refractivity (Wildman–Crippen MR) is 122 cm³/mol. The lowest BCUT2D eigenvalue weighted by Gasteiger charge is -2.36. The van der Waals surface area contributed by atoms with Crippen LogP contribution < -0.4 is 0 Å². The molecule has 1 aliphatic heterocycles. The van der Waals surface area contributed by atoms with E-state index in [0.29, 0.717) is 24.1 Å². The largest absolute Gasteiger partial charge is 0.381 e. The zero-order valence-corrected chi connectivity index (χ0v) is 19.5. The van der Waals surface area contributed by atoms with E-state index in [1.54, 1.807) is 7.11 Å². The quantitative estimate of drug-likeness (QED) is 0.600. The standard InChI is InChI=1S/C24H28ClN5O2/c1-23(2)10-8-18-17(13-23)19(15-6-4-7-16(25)12-15)20(22-27-29-30-28-22)21(26-18)24(14-31-3)9-5-11-32-24/h4,6-7,12H,5,8-11,13-14H2,1-3H3,(H,27,28,29,30). The van der Waals surface area contributed by atoms with Gasteiger partial charge in [0.05, 0.1) is 17.9 Å². The highest BCUT2D eigenvalue weighted by Gasteiger charge is 2.44. The third-order valence-electron chi connectivity index (χ3n) is 6.67. The Morgan fingerprint density at radius 1 is 1.22 bits per heavy atom. The van der Waals surface area contributed by atoms with E-state index in [1.165, 1.54) is 5.56 Å². The molecular weight excluding hydrogens is 426 g/mol. The maximum absolute atomic E-state index is 6.45. The van der Waals surface area contributed by atoms with Crippen LogP contribution in [0.2, 0.25) is 5.02 Å². The number of aryl methyl sites for hydroxylation is 1. The summed E-state index contributed by atoms with van der Waals surface area (Å²) in [5.74, 6) is 0.514. The van der Waals surface area contributed by atoms with Gasteiger partial charge in [0, 0.05) is 24.4 Å². The summed E-state index contributed by atoms with van der Waals surface area (Å²) < 4.78 is 12.0. The summed E-state index contributed by atoms with van der Waals surface area (Å²) in [5, 5.41) is 15.9. The number of nitrogens with one attached hydrogen (secondary N) is 1. The van der Waals surface area contributed by atoms with Crippen LogP contribution in [0, 0.1) is 5.41 Å². The van der Waals surface area contributed by atoms with Gasteiger partial charge in [-0.1, -0.05) is 37.6 Å². The van der Waals surface area contributed by atoms with E-state index in [4.69, 9.17) is 26.1 Å². The number of ether oxygens (including phenoxy) is 2. The number of H-pyrrole nitrogens is 1. The van der Waals surface area contributed by atoms with E-state index in [-0.39, 0.29) is 5.41 Å². The van der Waals surface area contributed by atoms with Crippen LogP contribution in [-0.4, -0.2) is 45.9 Å². The van der Waals surface area contributed by atoms with Crippen molar-refractivity contribution in [3.05, 3.63) is 46.2 Å². The Balaban J connectivity index is 1.87. The van der Waals surface area contributed by atoms with Crippen molar-refractivity contribution in [2.45, 2.75) is 51.6 Å². The molecule has 2 aromatic heterocycles. The van der Waals surface area contributed by atoms with Gasteiger partial charge in [-0.25, -0.2) is 0 Å². The Morgan fingerprint density at radius 3 is 2.78 bits per heavy atom. The highest BCUT2D eigenvalue weighted by molar-refractivity contribution is 6.30. The molecule has 168 valence electrons. The number of tetrazole rings is 1. The molecule has 0 spiro atoms. The zero-order valence-electron chi connectivity index (χ0n) is 18.7. The van der Waals surface area contributed by atoms with Crippen LogP contribution in [0.4, 0.5) is 0 Å². The fourth-order valence-electron chi connectivity index (χ4n) is 5.17. The fourth-order valence-corrected chi connectivity index (χ4v) is 5.36. The number of nitrogens with zero attached hydrogens (tertiary/aromatic N) is 4. The molecule has 3 heterocycles. The number of benzene rings is 1. The average Bonchev–Trinajstić information content (AvgIpc) is 3.45. The van der Waals surface area contributed by atoms with Crippen molar-refractivity contribution in [1.82, 2.24) is 25.6 Å². The molecule has 1 unspecified atom stereocenters. The summed E-state index contributed by atoms with van der Waals surface area (Å²) in [6, 6.07) is 7.97. The first-order valence-corrected chi connectivity index (χ1v) is 11.5. The van der Waals surface area contributed by atoms with Crippen molar-refractivity contribution in [3.63, 3.8) is 0 Å². The van der Waals surface area contributed by atoms with Crippen molar-refractivity contribution in [2.24, 2.45) is 5.41 Å². The molecule has 0 bridgehead atoms. The van der Waals surface area contributed by atoms with Crippen LogP contribution in [-0.2, 0) is 27.9 Å². The van der Waals surface area contributed by atoms with Crippen molar-refractivity contribution < 1.29 is 9.47 Å². The van der Waals surface area contributed by atoms with E-state index in [1.807, 2.05) is 18.2 Å². The highest BCUT2D eigenvalue weighted by atomic mass is 35.5. The molecule has 0 saturated carbocycles. The molecule has 5 rings (SSSR count). The number of hydrogen-bond acceptors (Lipinski definition) is 6. The molecule has 1 fully saturated rings. The maximum atomic E-state index is 6.45. The number of halogens is 1. The Bertz CT molecular complexity index is 1120. The molecule has 7 nitrogen and oxygen atoms in total. The molecule has 2 aliphatic rings. The summed E-state index contributed by atoms with van der Waals surface area (Å²) in [7, 11) is 1.70. The van der Waals surface area contributed by atoms with Crippen molar-refractivity contribution in [3.8, 4) is 22.5 Å². The van der Waals surface area contributed by atoms with E-state index in [0.717, 1.165) is 60.2 Å². The van der Waals surface area contributed by atoms with Crippen LogP contribution in [0.1, 0.15) is 50.1 Å². The van der Waals surface area contributed by atoms with Crippen LogP contribution in [0.25, 0.3) is 22.5 Å². The lowest BCUT2D eigenvalue weighted by Crippen LogP contribution is -2.34. The fraction of sp³-hybridized carbons (Fsp3) is 0.500. The van der Waals surface area contributed by atoms with Crippen LogP contribution in [0.3, 0.4) is 0 Å². The van der Waals surface area contributed by atoms with Gasteiger partial charge in [-0.2, -0.15) is 5.21 Å². The first-order chi connectivity index (χ1) is 15.4. The van der Waals surface area contributed by atoms with E-state index in [9.17, 15) is 0 Å². The first-order valence-electron chi connectivity index (χ1n) is 11.1. The zero-order chi connectivity index (χ0) is 22.3. The second-order valence-electron chi connectivity index (χ2n) is 9.60. The molecule has 0 radical (unpaired) electrons. The molecule has 0 amide bonds. The number of hydrogen-bond donors (Lipinski definition) is 1. The SMILES string of the molecule is COCC1(c2nc3c(c(-c4cccc(Cl)c4)c2-c2nn[nH]n2)CC(C)(C)CC3)CCCO1. The monoisotopic (exact) mass is 453 g/mol. The van der Waals surface area contributed by atoms with E-state index in [2.05, 4.69) is 40.5 Å². The number of pyridine rings is 1. The minimum Gasteiger partial charge on any atom is -0.381 e. The third kappa shape index (κ3) is 3.72. The lowest BCUT2D eigenvalue weighted by atomic mass is 9.72. The smallest absolute Gasteiger partial charge is 0.207 e. The molecule has 1 saturated heterocycles. The Kier molecular flexibility index (Phi) is 5.51. The van der Waals surface area contributed by atoms with Gasteiger partial charge in [0.15, 0.2) is 0 Å². The first kappa shape index (κ1) is 21.5. The normalized spacial score (nSPS) is 22.1. The highest BCUT2D eigenvalue weighted by Crippen LogP contribution is 2.48. The van der Waals surface area contributed by atoms with Crippen molar-refractivity contribution >= 4 is 11.6 Å². The summed E-state index contributed by atoms with van der Waals surface area (Å²) in [6.07, 6.45) is 4.70. The topological polar surface area (TPSA) is 85.8 Å². The molecule has 8 heteroatoms. The molecule has 1 atom stereocenters. The maximum Gasteiger partial charge on any atom is 0.207 e. The van der Waals surface area contributed by atoms with Crippen LogP contribution in [0.15, 0.2) is 24.3 Å². The second kappa shape index (κ2) is 8.21.